The summed E-state index contributed by atoms with van der Waals surface area (Å²) in [5, 5.41) is 11.3. The van der Waals surface area contributed by atoms with E-state index in [4.69, 9.17) is 14.2 Å². The highest BCUT2D eigenvalue weighted by molar-refractivity contribution is 5.91. The Morgan fingerprint density at radius 2 is 1.62 bits per heavy atom. The van der Waals surface area contributed by atoms with Crippen molar-refractivity contribution in [1.29, 1.82) is 0 Å². The van der Waals surface area contributed by atoms with Crippen molar-refractivity contribution in [3.05, 3.63) is 35.9 Å². The number of ether oxygens (including phenoxy) is 3. The zero-order valence-electron chi connectivity index (χ0n) is 29.5. The van der Waals surface area contributed by atoms with Crippen molar-refractivity contribution in [2.75, 3.05) is 6.54 Å². The molecule has 12 heteroatoms. The molecule has 1 aliphatic heterocycles. The lowest BCUT2D eigenvalue weighted by Crippen LogP contribution is -2.58. The van der Waals surface area contributed by atoms with Crippen LogP contribution in [0.2, 0.25) is 0 Å². The number of alkyl carbamates (subject to hydrolysis) is 2. The number of carbonyl (C=O) groups is 5. The van der Waals surface area contributed by atoms with E-state index in [9.17, 15) is 24.0 Å². The molecule has 2 aliphatic rings. The van der Waals surface area contributed by atoms with Crippen molar-refractivity contribution in [2.24, 2.45) is 17.8 Å². The lowest BCUT2D eigenvalue weighted by molar-refractivity contribution is -0.146. The zero-order valence-corrected chi connectivity index (χ0v) is 29.5. The third-order valence-electron chi connectivity index (χ3n) is 8.75. The topological polar surface area (TPSA) is 161 Å². The Morgan fingerprint density at radius 3 is 2.23 bits per heavy atom. The van der Waals surface area contributed by atoms with E-state index in [2.05, 4.69) is 21.3 Å². The van der Waals surface area contributed by atoms with E-state index in [-0.39, 0.29) is 49.3 Å². The number of hydrogen-bond acceptors (Lipinski definition) is 8. The van der Waals surface area contributed by atoms with Crippen molar-refractivity contribution in [2.45, 2.75) is 136 Å². The number of amides is 4. The van der Waals surface area contributed by atoms with Crippen LogP contribution in [0, 0.1) is 17.8 Å². The molecule has 1 aromatic rings. The molecule has 12 nitrogen and oxygen atoms in total. The van der Waals surface area contributed by atoms with E-state index in [0.717, 1.165) is 31.2 Å². The third-order valence-corrected chi connectivity index (χ3v) is 8.75. The van der Waals surface area contributed by atoms with E-state index >= 15 is 0 Å². The number of cyclic esters (lactones) is 1. The van der Waals surface area contributed by atoms with E-state index in [1.807, 2.05) is 51.1 Å². The Balaban J connectivity index is 1.63. The van der Waals surface area contributed by atoms with Crippen molar-refractivity contribution in [1.82, 2.24) is 21.3 Å². The van der Waals surface area contributed by atoms with Crippen molar-refractivity contribution >= 4 is 30.0 Å². The summed E-state index contributed by atoms with van der Waals surface area (Å²) in [6.45, 7) is 11.0. The normalized spacial score (nSPS) is 20.2. The van der Waals surface area contributed by atoms with Gasteiger partial charge >= 0.3 is 18.2 Å². The molecule has 0 spiro atoms. The van der Waals surface area contributed by atoms with Gasteiger partial charge in [0, 0.05) is 6.54 Å². The molecular formula is C36H56N4O8. The first-order valence-corrected chi connectivity index (χ1v) is 17.5. The van der Waals surface area contributed by atoms with Gasteiger partial charge < -0.3 is 35.5 Å². The van der Waals surface area contributed by atoms with Gasteiger partial charge in [-0.1, -0.05) is 83.2 Å². The van der Waals surface area contributed by atoms with Crippen molar-refractivity contribution in [3.63, 3.8) is 0 Å². The summed E-state index contributed by atoms with van der Waals surface area (Å²) in [6.07, 6.45) is 5.60. The molecule has 0 aromatic heterocycles. The highest BCUT2D eigenvalue weighted by Gasteiger charge is 2.39. The first-order valence-electron chi connectivity index (χ1n) is 17.5. The highest BCUT2D eigenvalue weighted by Crippen LogP contribution is 2.32. The molecule has 3 rings (SSSR count). The Labute approximate surface area is 285 Å². The van der Waals surface area contributed by atoms with Gasteiger partial charge in [0.1, 0.15) is 30.4 Å². The van der Waals surface area contributed by atoms with Crippen LogP contribution in [-0.2, 0) is 35.2 Å². The predicted molar refractivity (Wildman–Crippen MR) is 181 cm³/mol. The van der Waals surface area contributed by atoms with Crippen LogP contribution in [0.25, 0.3) is 0 Å². The fourth-order valence-corrected chi connectivity index (χ4v) is 6.14. The minimum Gasteiger partial charge on any atom is -0.460 e. The van der Waals surface area contributed by atoms with Gasteiger partial charge in [0.05, 0.1) is 12.0 Å². The standard InChI is InChI=1S/C36H56N4O8/c1-23(2)30(32(42)38-28(21-25-14-9-7-10-15-25)29-20-24(3)33(43)47-29)40-31(41)27(39-35(45)48-36(4,5)6)18-13-19-37-34(44)46-22-26-16-11-8-12-17-26/h8,11-12,16-17,23-25,27-30H,7,9-10,13-15,18-22H2,1-6H3,(H,37,44)(H,38,42)(H,39,45)(H,40,41)/t24-,27+,28+,29+,30+/m1/s1. The first-order chi connectivity index (χ1) is 22.7. The molecule has 1 saturated heterocycles. The third kappa shape index (κ3) is 13.4. The fourth-order valence-electron chi connectivity index (χ4n) is 6.14. The Bertz CT molecular complexity index is 1210. The molecule has 4 amide bonds. The molecule has 1 aliphatic carbocycles. The minimum atomic E-state index is -1.04. The molecule has 0 unspecified atom stereocenters. The van der Waals surface area contributed by atoms with Gasteiger partial charge in [0.2, 0.25) is 11.8 Å². The maximum Gasteiger partial charge on any atom is 0.408 e. The minimum absolute atomic E-state index is 0.125. The lowest BCUT2D eigenvalue weighted by Gasteiger charge is -2.32. The largest absolute Gasteiger partial charge is 0.460 e. The second-order valence-corrected chi connectivity index (χ2v) is 14.5. The molecule has 0 bridgehead atoms. The summed E-state index contributed by atoms with van der Waals surface area (Å²) in [5.74, 6) is -1.26. The summed E-state index contributed by atoms with van der Waals surface area (Å²) < 4.78 is 16.3. The summed E-state index contributed by atoms with van der Waals surface area (Å²) >= 11 is 0. The summed E-state index contributed by atoms with van der Waals surface area (Å²) in [7, 11) is 0. The van der Waals surface area contributed by atoms with Gasteiger partial charge in [-0.05, 0) is 63.9 Å². The molecule has 48 heavy (non-hydrogen) atoms. The van der Waals surface area contributed by atoms with Crippen LogP contribution in [0.15, 0.2) is 30.3 Å². The van der Waals surface area contributed by atoms with Gasteiger partial charge in [-0.2, -0.15) is 0 Å². The molecule has 1 heterocycles. The van der Waals surface area contributed by atoms with Gasteiger partial charge in [-0.3, -0.25) is 14.4 Å². The van der Waals surface area contributed by atoms with E-state index < -0.39 is 41.9 Å². The van der Waals surface area contributed by atoms with E-state index in [1.54, 1.807) is 20.8 Å². The number of esters is 1. The molecule has 2 fully saturated rings. The second kappa shape index (κ2) is 18.6. The predicted octanol–water partition coefficient (Wildman–Crippen LogP) is 5.13. The molecule has 0 radical (unpaired) electrons. The molecule has 5 atom stereocenters. The molecular weight excluding hydrogens is 616 g/mol. The van der Waals surface area contributed by atoms with Crippen LogP contribution in [-0.4, -0.2) is 66.3 Å². The smallest absolute Gasteiger partial charge is 0.408 e. The Morgan fingerprint density at radius 1 is 0.938 bits per heavy atom. The van der Waals surface area contributed by atoms with Crippen LogP contribution >= 0.6 is 0 Å². The van der Waals surface area contributed by atoms with E-state index in [0.29, 0.717) is 25.2 Å². The van der Waals surface area contributed by atoms with Crippen molar-refractivity contribution < 1.29 is 38.2 Å². The fraction of sp³-hybridized carbons (Fsp3) is 0.694. The second-order valence-electron chi connectivity index (χ2n) is 14.5. The number of benzene rings is 1. The molecule has 1 aromatic carbocycles. The quantitative estimate of drug-likeness (QED) is 0.113. The average Bonchev–Trinajstić information content (AvgIpc) is 3.37. The molecule has 268 valence electrons. The van der Waals surface area contributed by atoms with Gasteiger partial charge in [0.25, 0.3) is 0 Å². The summed E-state index contributed by atoms with van der Waals surface area (Å²) in [4.78, 5) is 64.6. The van der Waals surface area contributed by atoms with Crippen molar-refractivity contribution in [3.8, 4) is 0 Å². The first kappa shape index (κ1) is 38.6. The van der Waals surface area contributed by atoms with Gasteiger partial charge in [-0.15, -0.1) is 0 Å². The maximum atomic E-state index is 13.8. The summed E-state index contributed by atoms with van der Waals surface area (Å²) in [6, 6.07) is 6.98. The number of carbonyl (C=O) groups excluding carboxylic acids is 5. The summed E-state index contributed by atoms with van der Waals surface area (Å²) in [5.41, 5.74) is 0.0677. The Hall–Kier alpha value is -3.83. The van der Waals surface area contributed by atoms with Crippen LogP contribution in [0.3, 0.4) is 0 Å². The molecule has 4 N–H and O–H groups in total. The zero-order chi connectivity index (χ0) is 35.3. The molecule has 1 saturated carbocycles. The number of nitrogens with one attached hydrogen (secondary N) is 4. The average molecular weight is 673 g/mol. The van der Waals surface area contributed by atoms with Crippen LogP contribution in [0.4, 0.5) is 9.59 Å². The van der Waals surface area contributed by atoms with Crippen LogP contribution < -0.4 is 21.3 Å². The van der Waals surface area contributed by atoms with Crippen LogP contribution in [0.5, 0.6) is 0 Å². The van der Waals surface area contributed by atoms with Gasteiger partial charge in [-0.25, -0.2) is 9.59 Å². The van der Waals surface area contributed by atoms with Gasteiger partial charge in [0.15, 0.2) is 0 Å². The SMILES string of the molecule is CC(C)[C@H](NC(=O)[C@H](CCCNC(=O)OCc1ccccc1)NC(=O)OC(C)(C)C)C(=O)N[C@@H](CC1CCCCC1)[C@@H]1C[C@@H](C)C(=O)O1. The monoisotopic (exact) mass is 672 g/mol. The number of rotatable bonds is 15. The maximum absolute atomic E-state index is 13.8. The van der Waals surface area contributed by atoms with E-state index in [1.165, 1.54) is 6.42 Å². The van der Waals surface area contributed by atoms with Crippen LogP contribution in [0.1, 0.15) is 105 Å². The number of hydrogen-bond donors (Lipinski definition) is 4. The Kier molecular flexibility index (Phi) is 15.0. The lowest BCUT2D eigenvalue weighted by atomic mass is 9.83. The highest BCUT2D eigenvalue weighted by atomic mass is 16.6.